The van der Waals surface area contributed by atoms with Crippen LogP contribution in [0.4, 0.5) is 0 Å². The van der Waals surface area contributed by atoms with E-state index in [1.165, 1.54) is 16.7 Å². The zero-order valence-corrected chi connectivity index (χ0v) is 10.4. The van der Waals surface area contributed by atoms with Crippen molar-refractivity contribution >= 4 is 0 Å². The van der Waals surface area contributed by atoms with Gasteiger partial charge in [0.15, 0.2) is 0 Å². The topological polar surface area (TPSA) is 0 Å². The van der Waals surface area contributed by atoms with E-state index in [0.29, 0.717) is 11.8 Å². The Labute approximate surface area is 94.0 Å². The zero-order chi connectivity index (χ0) is 11.4. The SMILES string of the molecule is C=CC(C)c1cc(CC)cc(C(C)C)c1. The monoisotopic (exact) mass is 202 g/mol. The summed E-state index contributed by atoms with van der Waals surface area (Å²) < 4.78 is 0. The molecule has 0 aromatic heterocycles. The van der Waals surface area contributed by atoms with Gasteiger partial charge in [-0.3, -0.25) is 0 Å². The highest BCUT2D eigenvalue weighted by molar-refractivity contribution is 5.35. The van der Waals surface area contributed by atoms with Crippen LogP contribution in [0.2, 0.25) is 0 Å². The molecule has 1 aromatic rings. The summed E-state index contributed by atoms with van der Waals surface area (Å²) in [5.74, 6) is 1.06. The predicted octanol–water partition coefficient (Wildman–Crippen LogP) is 4.66. The van der Waals surface area contributed by atoms with E-state index in [4.69, 9.17) is 0 Å². The van der Waals surface area contributed by atoms with Crippen molar-refractivity contribution < 1.29 is 0 Å². The van der Waals surface area contributed by atoms with Crippen molar-refractivity contribution in [2.24, 2.45) is 0 Å². The standard InChI is InChI=1S/C15H22/c1-6-12(5)15-9-13(7-2)8-14(10-15)11(3)4/h6,8-12H,1,7H2,2-5H3. The van der Waals surface area contributed by atoms with Gasteiger partial charge >= 0.3 is 0 Å². The molecule has 0 N–H and O–H groups in total. The molecule has 0 spiro atoms. The molecule has 0 aliphatic rings. The first-order chi connectivity index (χ1) is 7.08. The van der Waals surface area contributed by atoms with Crippen LogP contribution in [0.25, 0.3) is 0 Å². The van der Waals surface area contributed by atoms with Crippen LogP contribution in [0.1, 0.15) is 56.2 Å². The van der Waals surface area contributed by atoms with Crippen LogP contribution in [-0.2, 0) is 6.42 Å². The molecular weight excluding hydrogens is 180 g/mol. The van der Waals surface area contributed by atoms with Gasteiger partial charge in [0, 0.05) is 0 Å². The van der Waals surface area contributed by atoms with Gasteiger partial charge in [-0.25, -0.2) is 0 Å². The third-order valence-electron chi connectivity index (χ3n) is 2.99. The van der Waals surface area contributed by atoms with E-state index in [0.717, 1.165) is 6.42 Å². The van der Waals surface area contributed by atoms with Crippen LogP contribution in [-0.4, -0.2) is 0 Å². The summed E-state index contributed by atoms with van der Waals surface area (Å²) in [4.78, 5) is 0. The van der Waals surface area contributed by atoms with Crippen LogP contribution in [0.3, 0.4) is 0 Å². The van der Waals surface area contributed by atoms with Crippen LogP contribution >= 0.6 is 0 Å². The van der Waals surface area contributed by atoms with Crippen molar-refractivity contribution in [2.75, 3.05) is 0 Å². The van der Waals surface area contributed by atoms with Gasteiger partial charge in [-0.1, -0.05) is 52.0 Å². The van der Waals surface area contributed by atoms with Crippen molar-refractivity contribution in [1.29, 1.82) is 0 Å². The van der Waals surface area contributed by atoms with Gasteiger partial charge in [0.05, 0.1) is 0 Å². The Morgan fingerprint density at radius 3 is 2.20 bits per heavy atom. The van der Waals surface area contributed by atoms with Gasteiger partial charge in [-0.05, 0) is 34.9 Å². The average Bonchev–Trinajstić information content (AvgIpc) is 2.27. The molecule has 1 aromatic carbocycles. The number of benzene rings is 1. The van der Waals surface area contributed by atoms with Crippen LogP contribution in [0, 0.1) is 0 Å². The summed E-state index contributed by atoms with van der Waals surface area (Å²) in [5, 5.41) is 0. The zero-order valence-electron chi connectivity index (χ0n) is 10.4. The Kier molecular flexibility index (Phi) is 4.14. The number of allylic oxidation sites excluding steroid dienone is 1. The average molecular weight is 202 g/mol. The molecule has 15 heavy (non-hydrogen) atoms. The molecule has 1 rings (SSSR count). The molecular formula is C15H22. The summed E-state index contributed by atoms with van der Waals surface area (Å²) in [6.07, 6.45) is 3.12. The van der Waals surface area contributed by atoms with Gasteiger partial charge in [0.1, 0.15) is 0 Å². The number of hydrogen-bond donors (Lipinski definition) is 0. The van der Waals surface area contributed by atoms with Gasteiger partial charge in [0.2, 0.25) is 0 Å². The Morgan fingerprint density at radius 1 is 1.13 bits per heavy atom. The molecule has 82 valence electrons. The highest BCUT2D eigenvalue weighted by Gasteiger charge is 2.06. The third kappa shape index (κ3) is 2.95. The van der Waals surface area contributed by atoms with E-state index in [2.05, 4.69) is 52.5 Å². The van der Waals surface area contributed by atoms with Gasteiger partial charge in [-0.15, -0.1) is 6.58 Å². The molecule has 1 atom stereocenters. The molecule has 0 saturated heterocycles. The molecule has 1 unspecified atom stereocenters. The Bertz CT molecular complexity index is 334. The fourth-order valence-electron chi connectivity index (χ4n) is 1.68. The van der Waals surface area contributed by atoms with Gasteiger partial charge < -0.3 is 0 Å². The lowest BCUT2D eigenvalue weighted by atomic mass is 9.92. The molecule has 0 aliphatic carbocycles. The van der Waals surface area contributed by atoms with Crippen molar-refractivity contribution in [1.82, 2.24) is 0 Å². The Balaban J connectivity index is 3.16. The summed E-state index contributed by atoms with van der Waals surface area (Å²) >= 11 is 0. The lowest BCUT2D eigenvalue weighted by molar-refractivity contribution is 0.850. The number of hydrogen-bond acceptors (Lipinski definition) is 0. The van der Waals surface area contributed by atoms with E-state index < -0.39 is 0 Å². The Hall–Kier alpha value is -1.04. The fourth-order valence-corrected chi connectivity index (χ4v) is 1.68. The van der Waals surface area contributed by atoms with Crippen LogP contribution < -0.4 is 0 Å². The quantitative estimate of drug-likeness (QED) is 0.623. The van der Waals surface area contributed by atoms with E-state index in [-0.39, 0.29) is 0 Å². The molecule has 0 nitrogen and oxygen atoms in total. The van der Waals surface area contributed by atoms with E-state index in [1.807, 2.05) is 6.08 Å². The molecule has 0 heteroatoms. The van der Waals surface area contributed by atoms with Gasteiger partial charge in [-0.2, -0.15) is 0 Å². The maximum Gasteiger partial charge on any atom is -0.00129 e. The number of aryl methyl sites for hydroxylation is 1. The lowest BCUT2D eigenvalue weighted by Gasteiger charge is -2.14. The second-order valence-corrected chi connectivity index (χ2v) is 4.54. The summed E-state index contributed by atoms with van der Waals surface area (Å²) in [6.45, 7) is 12.8. The second-order valence-electron chi connectivity index (χ2n) is 4.54. The van der Waals surface area contributed by atoms with Crippen molar-refractivity contribution in [2.45, 2.75) is 46.0 Å². The first-order valence-corrected chi connectivity index (χ1v) is 5.84. The molecule has 0 saturated carbocycles. The molecule has 0 bridgehead atoms. The first kappa shape index (κ1) is 12.0. The van der Waals surface area contributed by atoms with Crippen molar-refractivity contribution in [3.63, 3.8) is 0 Å². The summed E-state index contributed by atoms with van der Waals surface area (Å²) in [5.41, 5.74) is 4.27. The van der Waals surface area contributed by atoms with E-state index >= 15 is 0 Å². The molecule has 0 heterocycles. The molecule has 0 aliphatic heterocycles. The van der Waals surface area contributed by atoms with Crippen molar-refractivity contribution in [3.8, 4) is 0 Å². The third-order valence-corrected chi connectivity index (χ3v) is 2.99. The highest BCUT2D eigenvalue weighted by atomic mass is 14.1. The maximum absolute atomic E-state index is 3.87. The smallest absolute Gasteiger partial charge is 0.00129 e. The molecule has 0 radical (unpaired) electrons. The van der Waals surface area contributed by atoms with E-state index in [9.17, 15) is 0 Å². The second kappa shape index (κ2) is 5.16. The number of rotatable bonds is 4. The fraction of sp³-hybridized carbons (Fsp3) is 0.467. The maximum atomic E-state index is 3.87. The Morgan fingerprint density at radius 2 is 1.73 bits per heavy atom. The van der Waals surface area contributed by atoms with Crippen LogP contribution in [0.15, 0.2) is 30.9 Å². The largest absolute Gasteiger partial charge is 0.102 e. The van der Waals surface area contributed by atoms with Crippen LogP contribution in [0.5, 0.6) is 0 Å². The normalized spacial score (nSPS) is 12.9. The molecule has 0 amide bonds. The first-order valence-electron chi connectivity index (χ1n) is 5.84. The summed E-state index contributed by atoms with van der Waals surface area (Å²) in [7, 11) is 0. The summed E-state index contributed by atoms with van der Waals surface area (Å²) in [6, 6.07) is 6.94. The minimum atomic E-state index is 0.453. The minimum Gasteiger partial charge on any atom is -0.102 e. The lowest BCUT2D eigenvalue weighted by Crippen LogP contribution is -1.96. The minimum absolute atomic E-state index is 0.453. The van der Waals surface area contributed by atoms with Crippen molar-refractivity contribution in [3.05, 3.63) is 47.5 Å². The predicted molar refractivity (Wildman–Crippen MR) is 68.5 cm³/mol. The van der Waals surface area contributed by atoms with Gasteiger partial charge in [0.25, 0.3) is 0 Å². The molecule has 0 fully saturated rings. The van der Waals surface area contributed by atoms with E-state index in [1.54, 1.807) is 0 Å². The highest BCUT2D eigenvalue weighted by Crippen LogP contribution is 2.24.